The SMILES string of the molecule is CC(=O)CCC(=O)c1cc(I)ccc1F. The summed E-state index contributed by atoms with van der Waals surface area (Å²) in [5.41, 5.74) is 0.0724. The molecule has 15 heavy (non-hydrogen) atoms. The molecule has 1 aromatic rings. The van der Waals surface area contributed by atoms with Gasteiger partial charge in [-0.25, -0.2) is 4.39 Å². The zero-order valence-electron chi connectivity index (χ0n) is 8.22. The Balaban J connectivity index is 2.81. The van der Waals surface area contributed by atoms with Crippen LogP contribution in [0.3, 0.4) is 0 Å². The summed E-state index contributed by atoms with van der Waals surface area (Å²) in [7, 11) is 0. The Kier molecular flexibility index (Phi) is 4.38. The quantitative estimate of drug-likeness (QED) is 0.631. The van der Waals surface area contributed by atoms with Crippen LogP contribution in [-0.2, 0) is 4.79 Å². The van der Waals surface area contributed by atoms with E-state index in [0.717, 1.165) is 3.57 Å². The molecule has 0 unspecified atom stereocenters. The highest BCUT2D eigenvalue weighted by molar-refractivity contribution is 14.1. The summed E-state index contributed by atoms with van der Waals surface area (Å²) < 4.78 is 14.0. The molecule has 0 spiro atoms. The van der Waals surface area contributed by atoms with Gasteiger partial charge in [0.05, 0.1) is 5.56 Å². The van der Waals surface area contributed by atoms with Gasteiger partial charge in [-0.05, 0) is 47.7 Å². The first-order valence-electron chi connectivity index (χ1n) is 4.48. The van der Waals surface area contributed by atoms with Gasteiger partial charge < -0.3 is 4.79 Å². The van der Waals surface area contributed by atoms with Gasteiger partial charge in [0.25, 0.3) is 0 Å². The third kappa shape index (κ3) is 3.70. The molecule has 0 saturated heterocycles. The van der Waals surface area contributed by atoms with Gasteiger partial charge >= 0.3 is 0 Å². The molecular weight excluding hydrogens is 310 g/mol. The van der Waals surface area contributed by atoms with Crippen molar-refractivity contribution in [3.63, 3.8) is 0 Å². The first kappa shape index (κ1) is 12.3. The van der Waals surface area contributed by atoms with Gasteiger partial charge in [-0.1, -0.05) is 0 Å². The van der Waals surface area contributed by atoms with E-state index in [0.29, 0.717) is 0 Å². The maximum absolute atomic E-state index is 13.2. The summed E-state index contributed by atoms with van der Waals surface area (Å²) in [6, 6.07) is 4.36. The van der Waals surface area contributed by atoms with Crippen LogP contribution in [0.5, 0.6) is 0 Å². The van der Waals surface area contributed by atoms with Gasteiger partial charge in [0.15, 0.2) is 5.78 Å². The number of hydrogen-bond donors (Lipinski definition) is 0. The minimum atomic E-state index is -0.524. The summed E-state index contributed by atoms with van der Waals surface area (Å²) in [5, 5.41) is 0. The Morgan fingerprint density at radius 1 is 1.33 bits per heavy atom. The van der Waals surface area contributed by atoms with Crippen molar-refractivity contribution in [1.29, 1.82) is 0 Å². The van der Waals surface area contributed by atoms with Crippen molar-refractivity contribution in [2.45, 2.75) is 19.8 Å². The van der Waals surface area contributed by atoms with Crippen molar-refractivity contribution in [3.8, 4) is 0 Å². The minimum Gasteiger partial charge on any atom is -0.300 e. The molecule has 0 amide bonds. The molecule has 0 heterocycles. The van der Waals surface area contributed by atoms with Crippen LogP contribution >= 0.6 is 22.6 Å². The Bertz CT molecular complexity index is 402. The molecule has 0 saturated carbocycles. The number of benzene rings is 1. The zero-order valence-corrected chi connectivity index (χ0v) is 10.4. The summed E-state index contributed by atoms with van der Waals surface area (Å²) >= 11 is 2.01. The lowest BCUT2D eigenvalue weighted by atomic mass is 10.1. The Morgan fingerprint density at radius 3 is 2.60 bits per heavy atom. The molecule has 0 N–H and O–H groups in total. The summed E-state index contributed by atoms with van der Waals surface area (Å²) in [5.74, 6) is -0.903. The lowest BCUT2D eigenvalue weighted by Crippen LogP contribution is -2.05. The Labute approximate surface area is 101 Å². The highest BCUT2D eigenvalue weighted by Crippen LogP contribution is 2.15. The molecule has 0 aliphatic heterocycles. The van der Waals surface area contributed by atoms with Crippen LogP contribution in [0.15, 0.2) is 18.2 Å². The Hall–Kier alpha value is -0.780. The van der Waals surface area contributed by atoms with E-state index in [-0.39, 0.29) is 30.0 Å². The van der Waals surface area contributed by atoms with Crippen molar-refractivity contribution in [2.75, 3.05) is 0 Å². The fourth-order valence-electron chi connectivity index (χ4n) is 1.14. The largest absolute Gasteiger partial charge is 0.300 e. The highest BCUT2D eigenvalue weighted by Gasteiger charge is 2.12. The molecule has 0 aromatic heterocycles. The molecule has 80 valence electrons. The van der Waals surface area contributed by atoms with E-state index in [9.17, 15) is 14.0 Å². The van der Waals surface area contributed by atoms with Gasteiger partial charge in [-0.2, -0.15) is 0 Å². The second-order valence-electron chi connectivity index (χ2n) is 3.25. The fraction of sp³-hybridized carbons (Fsp3) is 0.273. The summed E-state index contributed by atoms with van der Waals surface area (Å²) in [6.45, 7) is 1.42. The number of hydrogen-bond acceptors (Lipinski definition) is 2. The molecular formula is C11H10FIO2. The average Bonchev–Trinajstić information content (AvgIpc) is 2.18. The van der Waals surface area contributed by atoms with Gasteiger partial charge in [0.1, 0.15) is 11.6 Å². The topological polar surface area (TPSA) is 34.1 Å². The molecule has 0 bridgehead atoms. The smallest absolute Gasteiger partial charge is 0.166 e. The maximum atomic E-state index is 13.2. The van der Waals surface area contributed by atoms with Gasteiger partial charge in [-0.15, -0.1) is 0 Å². The predicted molar refractivity (Wildman–Crippen MR) is 63.4 cm³/mol. The number of ketones is 2. The van der Waals surface area contributed by atoms with Crippen LogP contribution in [0.2, 0.25) is 0 Å². The van der Waals surface area contributed by atoms with Crippen LogP contribution in [-0.4, -0.2) is 11.6 Å². The maximum Gasteiger partial charge on any atom is 0.166 e. The fourth-order valence-corrected chi connectivity index (χ4v) is 1.63. The molecule has 2 nitrogen and oxygen atoms in total. The van der Waals surface area contributed by atoms with Crippen molar-refractivity contribution >= 4 is 34.2 Å². The number of halogens is 2. The van der Waals surface area contributed by atoms with Crippen molar-refractivity contribution in [3.05, 3.63) is 33.1 Å². The van der Waals surface area contributed by atoms with E-state index in [1.165, 1.54) is 19.1 Å². The van der Waals surface area contributed by atoms with Crippen molar-refractivity contribution in [2.24, 2.45) is 0 Å². The standard InChI is InChI=1S/C11H10FIO2/c1-7(14)2-5-11(15)9-6-8(13)3-4-10(9)12/h3-4,6H,2,5H2,1H3. The minimum absolute atomic E-state index is 0.0608. The molecule has 1 rings (SSSR count). The third-order valence-electron chi connectivity index (χ3n) is 1.93. The van der Waals surface area contributed by atoms with Crippen LogP contribution < -0.4 is 0 Å². The second kappa shape index (κ2) is 5.34. The van der Waals surface area contributed by atoms with Crippen LogP contribution in [0.25, 0.3) is 0 Å². The van der Waals surface area contributed by atoms with E-state index in [4.69, 9.17) is 0 Å². The third-order valence-corrected chi connectivity index (χ3v) is 2.60. The van der Waals surface area contributed by atoms with E-state index in [1.54, 1.807) is 6.07 Å². The average molecular weight is 320 g/mol. The number of carbonyl (C=O) groups excluding carboxylic acids is 2. The number of carbonyl (C=O) groups is 2. The van der Waals surface area contributed by atoms with E-state index in [1.807, 2.05) is 22.6 Å². The normalized spacial score (nSPS) is 10.1. The van der Waals surface area contributed by atoms with Gasteiger partial charge in [0, 0.05) is 16.4 Å². The van der Waals surface area contributed by atoms with Crippen LogP contribution in [0.1, 0.15) is 30.1 Å². The lowest BCUT2D eigenvalue weighted by Gasteiger charge is -2.02. The monoisotopic (exact) mass is 320 g/mol. The Morgan fingerprint density at radius 2 is 2.00 bits per heavy atom. The molecule has 4 heteroatoms. The molecule has 0 aliphatic carbocycles. The first-order chi connectivity index (χ1) is 7.00. The number of Topliss-reactive ketones (excluding diaryl/α,β-unsaturated/α-hetero) is 2. The second-order valence-corrected chi connectivity index (χ2v) is 4.49. The summed E-state index contributed by atoms with van der Waals surface area (Å²) in [6.07, 6.45) is 0.246. The van der Waals surface area contributed by atoms with Gasteiger partial charge in [0.2, 0.25) is 0 Å². The van der Waals surface area contributed by atoms with E-state index < -0.39 is 5.82 Å². The van der Waals surface area contributed by atoms with E-state index >= 15 is 0 Å². The molecule has 0 radical (unpaired) electrons. The van der Waals surface area contributed by atoms with Crippen molar-refractivity contribution < 1.29 is 14.0 Å². The molecule has 0 atom stereocenters. The van der Waals surface area contributed by atoms with Crippen LogP contribution in [0.4, 0.5) is 4.39 Å². The molecule has 0 fully saturated rings. The molecule has 0 aliphatic rings. The predicted octanol–water partition coefficient (Wildman–Crippen LogP) is 2.98. The molecule has 1 aromatic carbocycles. The van der Waals surface area contributed by atoms with Gasteiger partial charge in [-0.3, -0.25) is 4.79 Å². The first-order valence-corrected chi connectivity index (χ1v) is 5.56. The van der Waals surface area contributed by atoms with Crippen LogP contribution in [0, 0.1) is 9.39 Å². The summed E-state index contributed by atoms with van der Waals surface area (Å²) in [4.78, 5) is 22.2. The van der Waals surface area contributed by atoms with Crippen molar-refractivity contribution in [1.82, 2.24) is 0 Å². The lowest BCUT2D eigenvalue weighted by molar-refractivity contribution is -0.116. The van der Waals surface area contributed by atoms with E-state index in [2.05, 4.69) is 0 Å². The number of rotatable bonds is 4. The zero-order chi connectivity index (χ0) is 11.4. The highest BCUT2D eigenvalue weighted by atomic mass is 127.